The minimum atomic E-state index is 0.880. The minimum absolute atomic E-state index is 0.880. The molecule has 0 atom stereocenters. The van der Waals surface area contributed by atoms with Crippen molar-refractivity contribution in [1.82, 2.24) is 0 Å². The summed E-state index contributed by atoms with van der Waals surface area (Å²) >= 11 is 0. The first kappa shape index (κ1) is 23.1. The smallest absolute Gasteiger partial charge is 0.130 e. The van der Waals surface area contributed by atoms with Crippen molar-refractivity contribution in [2.45, 2.75) is 27.2 Å². The lowest BCUT2D eigenvalue weighted by Gasteiger charge is -2.15. The average Bonchev–Trinajstić information content (AvgIpc) is 2.80. The van der Waals surface area contributed by atoms with E-state index < -0.39 is 0 Å². The molecule has 0 bridgehead atoms. The highest BCUT2D eigenvalue weighted by Crippen LogP contribution is 2.35. The summed E-state index contributed by atoms with van der Waals surface area (Å²) in [5.41, 5.74) is 8.61. The predicted octanol–water partition coefficient (Wildman–Crippen LogP) is 7.57. The van der Waals surface area contributed by atoms with Crippen molar-refractivity contribution >= 4 is 0 Å². The highest BCUT2D eigenvalue weighted by molar-refractivity contribution is 5.73. The average molecular weight is 425 g/mol. The molecule has 4 aromatic carbocycles. The van der Waals surface area contributed by atoms with Crippen LogP contribution in [0.15, 0.2) is 91.0 Å². The summed E-state index contributed by atoms with van der Waals surface area (Å²) in [6, 6.07) is 31.5. The fraction of sp³-hybridized carbons (Fsp3) is 0.200. The molecule has 0 heterocycles. The third-order valence-electron chi connectivity index (χ3n) is 5.39. The fourth-order valence-corrected chi connectivity index (χ4v) is 3.90. The van der Waals surface area contributed by atoms with E-state index in [2.05, 4.69) is 80.6 Å². The van der Waals surface area contributed by atoms with Crippen LogP contribution < -0.4 is 9.47 Å². The molecule has 4 aromatic rings. The van der Waals surface area contributed by atoms with Gasteiger partial charge in [-0.25, -0.2) is 0 Å². The topological polar surface area (TPSA) is 18.5 Å². The van der Waals surface area contributed by atoms with E-state index in [0.717, 1.165) is 23.5 Å². The Hall–Kier alpha value is -3.52. The van der Waals surface area contributed by atoms with Crippen LogP contribution in [0.25, 0.3) is 11.1 Å². The zero-order valence-electron chi connectivity index (χ0n) is 19.7. The van der Waals surface area contributed by atoms with Crippen LogP contribution in [0.3, 0.4) is 0 Å². The summed E-state index contributed by atoms with van der Waals surface area (Å²) in [6.07, 6.45) is 0.880. The second-order valence-corrected chi connectivity index (χ2v) is 8.01. The fourth-order valence-electron chi connectivity index (χ4n) is 3.90. The van der Waals surface area contributed by atoms with Crippen molar-refractivity contribution in [3.05, 3.63) is 119 Å². The van der Waals surface area contributed by atoms with Crippen molar-refractivity contribution in [3.8, 4) is 22.6 Å². The highest BCUT2D eigenvalue weighted by Gasteiger charge is 2.12. The van der Waals surface area contributed by atoms with E-state index in [1.54, 1.807) is 14.2 Å². The zero-order valence-corrected chi connectivity index (χ0v) is 19.7. The summed E-state index contributed by atoms with van der Waals surface area (Å²) in [5.74, 6) is 1.94. The molecule has 0 amide bonds. The normalized spacial score (nSPS) is 10.2. The van der Waals surface area contributed by atoms with E-state index in [9.17, 15) is 0 Å². The molecule has 2 heteroatoms. The Labute approximate surface area is 192 Å². The summed E-state index contributed by atoms with van der Waals surface area (Å²) < 4.78 is 10.9. The van der Waals surface area contributed by atoms with E-state index in [1.165, 1.54) is 33.4 Å². The molecule has 0 fully saturated rings. The van der Waals surface area contributed by atoms with Gasteiger partial charge in [-0.05, 0) is 60.7 Å². The second kappa shape index (κ2) is 11.2. The van der Waals surface area contributed by atoms with Crippen LogP contribution in [0, 0.1) is 20.8 Å². The van der Waals surface area contributed by atoms with Gasteiger partial charge in [-0.2, -0.15) is 0 Å². The first-order valence-corrected chi connectivity index (χ1v) is 10.9. The second-order valence-electron chi connectivity index (χ2n) is 8.01. The van der Waals surface area contributed by atoms with Crippen LogP contribution in [-0.2, 0) is 6.42 Å². The number of methoxy groups -OCH3 is 2. The lowest BCUT2D eigenvalue weighted by atomic mass is 9.95. The van der Waals surface area contributed by atoms with Gasteiger partial charge in [-0.3, -0.25) is 0 Å². The molecule has 164 valence electrons. The Kier molecular flexibility index (Phi) is 8.10. The van der Waals surface area contributed by atoms with Gasteiger partial charge in [0.25, 0.3) is 0 Å². The Morgan fingerprint density at radius 2 is 1.28 bits per heavy atom. The van der Waals surface area contributed by atoms with E-state index in [1.807, 2.05) is 31.2 Å². The molecule has 0 aliphatic rings. The lowest BCUT2D eigenvalue weighted by molar-refractivity contribution is 0.411. The number of ether oxygens (including phenoxy) is 2. The van der Waals surface area contributed by atoms with E-state index in [-0.39, 0.29) is 0 Å². The first-order chi connectivity index (χ1) is 15.5. The third kappa shape index (κ3) is 6.01. The summed E-state index contributed by atoms with van der Waals surface area (Å²) in [7, 11) is 3.45. The third-order valence-corrected chi connectivity index (χ3v) is 5.39. The molecule has 0 aliphatic heterocycles. The maximum atomic E-state index is 5.76. The van der Waals surface area contributed by atoms with Crippen LogP contribution in [-0.4, -0.2) is 14.2 Å². The molecular formula is C30H32O2. The molecule has 0 aliphatic carbocycles. The summed E-state index contributed by atoms with van der Waals surface area (Å²) in [5, 5.41) is 0. The maximum absolute atomic E-state index is 5.76. The number of hydrogen-bond acceptors (Lipinski definition) is 2. The van der Waals surface area contributed by atoms with Gasteiger partial charge in [0.2, 0.25) is 0 Å². The van der Waals surface area contributed by atoms with Gasteiger partial charge in [0.1, 0.15) is 11.5 Å². The molecule has 0 radical (unpaired) electrons. The standard InChI is InChI=1S/C21H20O.C9H12O/c1-16-13-19(15-17-9-5-3-6-10-17)21(22-2)20(14-16)18-11-7-4-8-12-18;1-7-4-5-9(10-3)8(2)6-7/h3-14H,15H2,1-2H3;4-6H,1-3H3. The zero-order chi connectivity index (χ0) is 22.9. The van der Waals surface area contributed by atoms with Crippen molar-refractivity contribution in [3.63, 3.8) is 0 Å². The van der Waals surface area contributed by atoms with Gasteiger partial charge >= 0.3 is 0 Å². The maximum Gasteiger partial charge on any atom is 0.130 e. The monoisotopic (exact) mass is 424 g/mol. The van der Waals surface area contributed by atoms with E-state index in [4.69, 9.17) is 9.47 Å². The quantitative estimate of drug-likeness (QED) is 0.329. The van der Waals surface area contributed by atoms with Gasteiger partial charge < -0.3 is 9.47 Å². The molecule has 0 saturated heterocycles. The van der Waals surface area contributed by atoms with Crippen molar-refractivity contribution in [2.75, 3.05) is 14.2 Å². The SMILES string of the molecule is COc1c(Cc2ccccc2)cc(C)cc1-c1ccccc1.COc1ccc(C)cc1C. The lowest BCUT2D eigenvalue weighted by Crippen LogP contribution is -1.97. The largest absolute Gasteiger partial charge is 0.496 e. The van der Waals surface area contributed by atoms with E-state index in [0.29, 0.717) is 0 Å². The molecule has 0 N–H and O–H groups in total. The van der Waals surface area contributed by atoms with Crippen molar-refractivity contribution < 1.29 is 9.47 Å². The summed E-state index contributed by atoms with van der Waals surface area (Å²) in [6.45, 7) is 6.26. The minimum Gasteiger partial charge on any atom is -0.496 e. The molecule has 0 spiro atoms. The predicted molar refractivity (Wildman–Crippen MR) is 135 cm³/mol. The van der Waals surface area contributed by atoms with Gasteiger partial charge in [0.15, 0.2) is 0 Å². The first-order valence-electron chi connectivity index (χ1n) is 10.9. The molecule has 2 nitrogen and oxygen atoms in total. The Bertz CT molecular complexity index is 1130. The Morgan fingerprint density at radius 3 is 1.88 bits per heavy atom. The van der Waals surface area contributed by atoms with Crippen LogP contribution in [0.4, 0.5) is 0 Å². The Balaban J connectivity index is 0.000000243. The highest BCUT2D eigenvalue weighted by atomic mass is 16.5. The van der Waals surface area contributed by atoms with Crippen LogP contribution in [0.5, 0.6) is 11.5 Å². The van der Waals surface area contributed by atoms with E-state index >= 15 is 0 Å². The molecule has 0 saturated carbocycles. The number of benzene rings is 4. The Morgan fingerprint density at radius 1 is 0.625 bits per heavy atom. The summed E-state index contributed by atoms with van der Waals surface area (Å²) in [4.78, 5) is 0. The van der Waals surface area contributed by atoms with Gasteiger partial charge in [-0.15, -0.1) is 0 Å². The molecular weight excluding hydrogens is 392 g/mol. The van der Waals surface area contributed by atoms with Crippen molar-refractivity contribution in [2.24, 2.45) is 0 Å². The number of aryl methyl sites for hydroxylation is 3. The van der Waals surface area contributed by atoms with Crippen LogP contribution in [0.1, 0.15) is 27.8 Å². The van der Waals surface area contributed by atoms with Gasteiger partial charge in [-0.1, -0.05) is 84.4 Å². The molecule has 4 rings (SSSR count). The van der Waals surface area contributed by atoms with Gasteiger partial charge in [0, 0.05) is 12.0 Å². The number of hydrogen-bond donors (Lipinski definition) is 0. The molecule has 0 unspecified atom stereocenters. The number of rotatable bonds is 5. The van der Waals surface area contributed by atoms with Crippen LogP contribution in [0.2, 0.25) is 0 Å². The molecule has 32 heavy (non-hydrogen) atoms. The van der Waals surface area contributed by atoms with Crippen molar-refractivity contribution in [1.29, 1.82) is 0 Å². The van der Waals surface area contributed by atoms with Crippen LogP contribution >= 0.6 is 0 Å². The van der Waals surface area contributed by atoms with Gasteiger partial charge in [0.05, 0.1) is 14.2 Å². The molecule has 0 aromatic heterocycles.